The van der Waals surface area contributed by atoms with Gasteiger partial charge in [-0.15, -0.1) is 0 Å². The maximum atomic E-state index is 14.1. The molecule has 0 aromatic heterocycles. The fourth-order valence-electron chi connectivity index (χ4n) is 4.41. The van der Waals surface area contributed by atoms with E-state index >= 15 is 0 Å². The standard InChI is InChI=1S/C26H23FN2O4/c1-2-15-32-21-13-11-19(12-14-21)28-25(30)22-23(17-7-6-8-18(27)16-17)29(33-24(22)26(28)31)20-9-4-3-5-10-20/h3-14,16,22-24H,2,15H2,1H3. The maximum absolute atomic E-state index is 14.1. The molecule has 0 bridgehead atoms. The van der Waals surface area contributed by atoms with Gasteiger partial charge in [-0.25, -0.2) is 14.4 Å². The first-order valence-corrected chi connectivity index (χ1v) is 11.0. The van der Waals surface area contributed by atoms with Gasteiger partial charge in [0.2, 0.25) is 5.91 Å². The van der Waals surface area contributed by atoms with Crippen LogP contribution in [0.5, 0.6) is 5.75 Å². The molecule has 168 valence electrons. The summed E-state index contributed by atoms with van der Waals surface area (Å²) in [6.45, 7) is 2.60. The van der Waals surface area contributed by atoms with E-state index in [2.05, 4.69) is 0 Å². The second kappa shape index (κ2) is 8.67. The summed E-state index contributed by atoms with van der Waals surface area (Å²) in [5.74, 6) is -1.37. The quantitative estimate of drug-likeness (QED) is 0.515. The predicted octanol–water partition coefficient (Wildman–Crippen LogP) is 4.67. The third kappa shape index (κ3) is 3.74. The van der Waals surface area contributed by atoms with Gasteiger partial charge in [0.1, 0.15) is 17.5 Å². The number of benzene rings is 3. The zero-order chi connectivity index (χ0) is 22.9. The van der Waals surface area contributed by atoms with E-state index in [-0.39, 0.29) is 5.91 Å². The van der Waals surface area contributed by atoms with Gasteiger partial charge in [0.25, 0.3) is 5.91 Å². The van der Waals surface area contributed by atoms with Gasteiger partial charge in [-0.05, 0) is 60.5 Å². The van der Waals surface area contributed by atoms with E-state index in [4.69, 9.17) is 9.57 Å². The molecule has 2 saturated heterocycles. The average Bonchev–Trinajstić information content (AvgIpc) is 3.35. The number of para-hydroxylation sites is 1. The van der Waals surface area contributed by atoms with E-state index in [0.717, 1.165) is 11.3 Å². The van der Waals surface area contributed by atoms with E-state index in [0.29, 0.717) is 29.3 Å². The molecule has 2 aliphatic heterocycles. The number of carbonyl (C=O) groups is 2. The number of hydrogen-bond acceptors (Lipinski definition) is 5. The molecule has 6 nitrogen and oxygen atoms in total. The predicted molar refractivity (Wildman–Crippen MR) is 121 cm³/mol. The Morgan fingerprint density at radius 2 is 1.67 bits per heavy atom. The van der Waals surface area contributed by atoms with E-state index in [1.165, 1.54) is 12.1 Å². The number of amides is 2. The summed E-state index contributed by atoms with van der Waals surface area (Å²) in [6.07, 6.45) is -0.118. The molecule has 3 aromatic carbocycles. The Bertz CT molecular complexity index is 1170. The van der Waals surface area contributed by atoms with Gasteiger partial charge in [0.05, 0.1) is 24.0 Å². The highest BCUT2D eigenvalue weighted by molar-refractivity contribution is 6.23. The number of rotatable bonds is 6. The van der Waals surface area contributed by atoms with Gasteiger partial charge in [-0.2, -0.15) is 0 Å². The fourth-order valence-corrected chi connectivity index (χ4v) is 4.41. The number of anilines is 2. The Hall–Kier alpha value is -3.71. The number of halogens is 1. The Labute approximate surface area is 191 Å². The summed E-state index contributed by atoms with van der Waals surface area (Å²) in [7, 11) is 0. The van der Waals surface area contributed by atoms with Crippen LogP contribution in [0.1, 0.15) is 24.9 Å². The summed E-state index contributed by atoms with van der Waals surface area (Å²) in [5.41, 5.74) is 1.71. The summed E-state index contributed by atoms with van der Waals surface area (Å²) in [5, 5.41) is 1.55. The van der Waals surface area contributed by atoms with E-state index in [9.17, 15) is 14.0 Å². The molecule has 3 aromatic rings. The molecule has 33 heavy (non-hydrogen) atoms. The van der Waals surface area contributed by atoms with Gasteiger partial charge < -0.3 is 4.74 Å². The Balaban J connectivity index is 1.50. The molecule has 3 unspecified atom stereocenters. The monoisotopic (exact) mass is 446 g/mol. The molecule has 0 N–H and O–H groups in total. The summed E-state index contributed by atoms with van der Waals surface area (Å²) >= 11 is 0. The van der Waals surface area contributed by atoms with E-state index < -0.39 is 29.8 Å². The number of fused-ring (bicyclic) bond motifs is 1. The molecule has 0 spiro atoms. The van der Waals surface area contributed by atoms with Crippen LogP contribution in [0.4, 0.5) is 15.8 Å². The summed E-state index contributed by atoms with van der Waals surface area (Å²) in [4.78, 5) is 34.1. The lowest BCUT2D eigenvalue weighted by Crippen LogP contribution is -2.37. The van der Waals surface area contributed by atoms with Gasteiger partial charge in [-0.1, -0.05) is 37.3 Å². The SMILES string of the molecule is CCCOc1ccc(N2C(=O)C3ON(c4ccccc4)C(c4cccc(F)c4)C3C2=O)cc1. The first kappa shape index (κ1) is 21.2. The molecule has 0 radical (unpaired) electrons. The van der Waals surface area contributed by atoms with Gasteiger partial charge in [0, 0.05) is 0 Å². The first-order valence-electron chi connectivity index (χ1n) is 11.0. The zero-order valence-corrected chi connectivity index (χ0v) is 18.1. The molecule has 0 saturated carbocycles. The molecule has 7 heteroatoms. The van der Waals surface area contributed by atoms with Crippen LogP contribution in [0.25, 0.3) is 0 Å². The van der Waals surface area contributed by atoms with Crippen molar-refractivity contribution in [3.05, 3.63) is 90.2 Å². The van der Waals surface area contributed by atoms with Crippen molar-refractivity contribution in [3.63, 3.8) is 0 Å². The molecule has 2 heterocycles. The van der Waals surface area contributed by atoms with Crippen LogP contribution in [0.15, 0.2) is 78.9 Å². The smallest absolute Gasteiger partial charge is 0.266 e. The lowest BCUT2D eigenvalue weighted by Gasteiger charge is -2.28. The highest BCUT2D eigenvalue weighted by atomic mass is 19.1. The number of imide groups is 1. The van der Waals surface area contributed by atoms with Crippen LogP contribution in [0.2, 0.25) is 0 Å². The van der Waals surface area contributed by atoms with E-state index in [1.54, 1.807) is 41.5 Å². The first-order chi connectivity index (χ1) is 16.1. The maximum Gasteiger partial charge on any atom is 0.266 e. The van der Waals surface area contributed by atoms with Gasteiger partial charge in [-0.3, -0.25) is 14.4 Å². The number of carbonyl (C=O) groups excluding carboxylic acids is 2. The molecule has 3 atom stereocenters. The van der Waals surface area contributed by atoms with Crippen LogP contribution < -0.4 is 14.7 Å². The van der Waals surface area contributed by atoms with Crippen LogP contribution in [0.3, 0.4) is 0 Å². The largest absolute Gasteiger partial charge is 0.494 e. The third-order valence-electron chi connectivity index (χ3n) is 5.88. The number of nitrogens with zero attached hydrogens (tertiary/aromatic N) is 2. The number of hydroxylamine groups is 1. The lowest BCUT2D eigenvalue weighted by molar-refractivity contribution is -0.126. The highest BCUT2D eigenvalue weighted by Gasteiger charge is 2.60. The van der Waals surface area contributed by atoms with Crippen LogP contribution in [-0.4, -0.2) is 24.5 Å². The van der Waals surface area contributed by atoms with E-state index in [1.807, 2.05) is 37.3 Å². The van der Waals surface area contributed by atoms with Crippen LogP contribution >= 0.6 is 0 Å². The van der Waals surface area contributed by atoms with Gasteiger partial charge in [0.15, 0.2) is 6.10 Å². The Morgan fingerprint density at radius 1 is 0.909 bits per heavy atom. The van der Waals surface area contributed by atoms with Crippen molar-refractivity contribution in [1.82, 2.24) is 0 Å². The average molecular weight is 446 g/mol. The van der Waals surface area contributed by atoms with Crippen molar-refractivity contribution < 1.29 is 23.6 Å². The minimum atomic E-state index is -0.998. The fraction of sp³-hybridized carbons (Fsp3) is 0.231. The second-order valence-corrected chi connectivity index (χ2v) is 8.07. The van der Waals surface area contributed by atoms with Crippen LogP contribution in [-0.2, 0) is 14.4 Å². The Morgan fingerprint density at radius 3 is 2.36 bits per heavy atom. The molecule has 2 aliphatic rings. The van der Waals surface area contributed by atoms with Gasteiger partial charge >= 0.3 is 0 Å². The van der Waals surface area contributed by atoms with Crippen molar-refractivity contribution in [1.29, 1.82) is 0 Å². The zero-order valence-electron chi connectivity index (χ0n) is 18.1. The number of ether oxygens (including phenoxy) is 1. The molecule has 5 rings (SSSR count). The van der Waals surface area contributed by atoms with Crippen molar-refractivity contribution in [2.45, 2.75) is 25.5 Å². The molecule has 0 aliphatic carbocycles. The molecule has 2 amide bonds. The normalized spacial score (nSPS) is 22.1. The van der Waals surface area contributed by atoms with Crippen molar-refractivity contribution in [2.24, 2.45) is 5.92 Å². The highest BCUT2D eigenvalue weighted by Crippen LogP contribution is 2.47. The minimum Gasteiger partial charge on any atom is -0.494 e. The lowest BCUT2D eigenvalue weighted by atomic mass is 9.90. The second-order valence-electron chi connectivity index (χ2n) is 8.07. The summed E-state index contributed by atoms with van der Waals surface area (Å²) < 4.78 is 19.7. The van der Waals surface area contributed by atoms with Crippen molar-refractivity contribution in [2.75, 3.05) is 16.6 Å². The molecular weight excluding hydrogens is 423 g/mol. The minimum absolute atomic E-state index is 0.375. The third-order valence-corrected chi connectivity index (χ3v) is 5.88. The molecular formula is C26H23FN2O4. The van der Waals surface area contributed by atoms with Crippen molar-refractivity contribution in [3.8, 4) is 5.75 Å². The van der Waals surface area contributed by atoms with Crippen molar-refractivity contribution >= 4 is 23.2 Å². The topological polar surface area (TPSA) is 59.1 Å². The number of hydrogen-bond donors (Lipinski definition) is 0. The summed E-state index contributed by atoms with van der Waals surface area (Å²) in [6, 6.07) is 21.5. The molecule has 2 fully saturated rings. The van der Waals surface area contributed by atoms with Crippen LogP contribution in [0, 0.1) is 11.7 Å². The Kier molecular flexibility index (Phi) is 5.56.